The molecule has 0 aromatic rings. The molecule has 0 radical (unpaired) electrons. The van der Waals surface area contributed by atoms with E-state index < -0.39 is 0 Å². The highest BCUT2D eigenvalue weighted by Crippen LogP contribution is 2.10. The van der Waals surface area contributed by atoms with Gasteiger partial charge in [0.25, 0.3) is 0 Å². The summed E-state index contributed by atoms with van der Waals surface area (Å²) in [7, 11) is 0. The second-order valence-electron chi connectivity index (χ2n) is 2.05. The standard InChI is InChI=1S/C9H13F/c1-4-6-8(3)9(10)7-5-2/h4,6-7H,1,5H2,2-3H3/b8-6-,9-7+. The summed E-state index contributed by atoms with van der Waals surface area (Å²) in [5, 5.41) is 0. The van der Waals surface area contributed by atoms with Crippen LogP contribution in [-0.4, -0.2) is 0 Å². The SMILES string of the molecule is C=C/C=C(C)\C(F)=C/CC. The van der Waals surface area contributed by atoms with Gasteiger partial charge in [0.1, 0.15) is 5.83 Å². The summed E-state index contributed by atoms with van der Waals surface area (Å²) >= 11 is 0. The molecule has 0 saturated heterocycles. The molecule has 0 unspecified atom stereocenters. The maximum absolute atomic E-state index is 12.7. The molecule has 0 rings (SSSR count). The zero-order valence-corrected chi connectivity index (χ0v) is 6.52. The molecule has 0 atom stereocenters. The van der Waals surface area contributed by atoms with Gasteiger partial charge in [0.05, 0.1) is 0 Å². The number of hydrogen-bond donors (Lipinski definition) is 0. The van der Waals surface area contributed by atoms with Crippen LogP contribution in [0.1, 0.15) is 20.3 Å². The van der Waals surface area contributed by atoms with Crippen molar-refractivity contribution in [3.05, 3.63) is 36.2 Å². The predicted molar refractivity (Wildman–Crippen MR) is 43.4 cm³/mol. The molecule has 0 aromatic carbocycles. The fraction of sp³-hybridized carbons (Fsp3) is 0.333. The predicted octanol–water partition coefficient (Wildman–Crippen LogP) is 3.38. The number of rotatable bonds is 3. The van der Waals surface area contributed by atoms with Crippen LogP contribution in [-0.2, 0) is 0 Å². The van der Waals surface area contributed by atoms with Crippen molar-refractivity contribution in [2.24, 2.45) is 0 Å². The van der Waals surface area contributed by atoms with Crippen LogP contribution in [0.15, 0.2) is 36.2 Å². The molecule has 0 aliphatic rings. The summed E-state index contributed by atoms with van der Waals surface area (Å²) in [6, 6.07) is 0. The molecule has 0 amide bonds. The van der Waals surface area contributed by atoms with Gasteiger partial charge in [-0.05, 0) is 25.0 Å². The first-order chi connectivity index (χ1) is 4.72. The second-order valence-corrected chi connectivity index (χ2v) is 2.05. The number of hydrogen-bond acceptors (Lipinski definition) is 0. The number of halogens is 1. The lowest BCUT2D eigenvalue weighted by molar-refractivity contribution is 0.646. The average Bonchev–Trinajstić information content (AvgIpc) is 1.89. The van der Waals surface area contributed by atoms with Crippen LogP contribution in [0.5, 0.6) is 0 Å². The van der Waals surface area contributed by atoms with Crippen LogP contribution in [0.4, 0.5) is 4.39 Å². The number of allylic oxidation sites excluding steroid dienone is 5. The highest BCUT2D eigenvalue weighted by Gasteiger charge is 1.92. The Hall–Kier alpha value is -0.850. The van der Waals surface area contributed by atoms with Gasteiger partial charge in [0.2, 0.25) is 0 Å². The van der Waals surface area contributed by atoms with Crippen LogP contribution in [0.25, 0.3) is 0 Å². The van der Waals surface area contributed by atoms with Gasteiger partial charge in [-0.2, -0.15) is 0 Å². The first kappa shape index (κ1) is 9.15. The Labute approximate surface area is 61.8 Å². The van der Waals surface area contributed by atoms with Gasteiger partial charge >= 0.3 is 0 Å². The normalized spacial score (nSPS) is 13.5. The first-order valence-corrected chi connectivity index (χ1v) is 3.37. The third-order valence-electron chi connectivity index (χ3n) is 1.13. The van der Waals surface area contributed by atoms with E-state index in [0.29, 0.717) is 5.57 Å². The van der Waals surface area contributed by atoms with Gasteiger partial charge in [0, 0.05) is 0 Å². The first-order valence-electron chi connectivity index (χ1n) is 3.37. The third-order valence-corrected chi connectivity index (χ3v) is 1.13. The minimum absolute atomic E-state index is 0.151. The Kier molecular flexibility index (Phi) is 4.55. The fourth-order valence-electron chi connectivity index (χ4n) is 0.597. The maximum Gasteiger partial charge on any atom is 0.122 e. The van der Waals surface area contributed by atoms with Crippen molar-refractivity contribution >= 4 is 0 Å². The van der Waals surface area contributed by atoms with Crippen molar-refractivity contribution in [2.75, 3.05) is 0 Å². The van der Waals surface area contributed by atoms with Gasteiger partial charge < -0.3 is 0 Å². The summed E-state index contributed by atoms with van der Waals surface area (Å²) in [4.78, 5) is 0. The molecule has 0 saturated carbocycles. The molecule has 1 heteroatoms. The quantitative estimate of drug-likeness (QED) is 0.527. The minimum Gasteiger partial charge on any atom is -0.207 e. The molecule has 0 bridgehead atoms. The van der Waals surface area contributed by atoms with Crippen LogP contribution >= 0.6 is 0 Å². The molecule has 0 spiro atoms. The van der Waals surface area contributed by atoms with Gasteiger partial charge in [-0.25, -0.2) is 4.39 Å². The smallest absolute Gasteiger partial charge is 0.122 e. The molecule has 0 nitrogen and oxygen atoms in total. The molecule has 56 valence electrons. The monoisotopic (exact) mass is 140 g/mol. The van der Waals surface area contributed by atoms with E-state index in [-0.39, 0.29) is 5.83 Å². The molecule has 0 heterocycles. The zero-order valence-electron chi connectivity index (χ0n) is 6.52. The van der Waals surface area contributed by atoms with Gasteiger partial charge in [-0.15, -0.1) is 0 Å². The van der Waals surface area contributed by atoms with Crippen LogP contribution < -0.4 is 0 Å². The molecular weight excluding hydrogens is 127 g/mol. The Balaban J connectivity index is 4.19. The maximum atomic E-state index is 12.7. The summed E-state index contributed by atoms with van der Waals surface area (Å²) in [5.74, 6) is -0.151. The van der Waals surface area contributed by atoms with Gasteiger partial charge in [-0.3, -0.25) is 0 Å². The second kappa shape index (κ2) is 4.98. The molecule has 0 aliphatic carbocycles. The van der Waals surface area contributed by atoms with Crippen LogP contribution in [0.3, 0.4) is 0 Å². The van der Waals surface area contributed by atoms with E-state index in [1.54, 1.807) is 25.2 Å². The summed E-state index contributed by atoms with van der Waals surface area (Å²) in [6.07, 6.45) is 5.52. The molecule has 0 N–H and O–H groups in total. The summed E-state index contributed by atoms with van der Waals surface area (Å²) in [5.41, 5.74) is 0.636. The van der Waals surface area contributed by atoms with Crippen molar-refractivity contribution < 1.29 is 4.39 Å². The molecule has 0 aliphatic heterocycles. The molecule has 0 fully saturated rings. The van der Waals surface area contributed by atoms with E-state index in [4.69, 9.17) is 0 Å². The van der Waals surface area contributed by atoms with E-state index in [0.717, 1.165) is 6.42 Å². The largest absolute Gasteiger partial charge is 0.207 e. The Morgan fingerprint density at radius 1 is 1.60 bits per heavy atom. The van der Waals surface area contributed by atoms with Gasteiger partial charge in [-0.1, -0.05) is 25.7 Å². The lowest BCUT2D eigenvalue weighted by Gasteiger charge is -1.92. The topological polar surface area (TPSA) is 0 Å². The fourth-order valence-corrected chi connectivity index (χ4v) is 0.597. The Morgan fingerprint density at radius 2 is 2.20 bits per heavy atom. The van der Waals surface area contributed by atoms with Crippen molar-refractivity contribution in [2.45, 2.75) is 20.3 Å². The average molecular weight is 140 g/mol. The van der Waals surface area contributed by atoms with E-state index in [9.17, 15) is 4.39 Å². The van der Waals surface area contributed by atoms with E-state index in [1.807, 2.05) is 6.92 Å². The van der Waals surface area contributed by atoms with Gasteiger partial charge in [0.15, 0.2) is 0 Å². The lowest BCUT2D eigenvalue weighted by atomic mass is 10.2. The molecule has 10 heavy (non-hydrogen) atoms. The van der Waals surface area contributed by atoms with Crippen molar-refractivity contribution in [3.8, 4) is 0 Å². The van der Waals surface area contributed by atoms with Crippen molar-refractivity contribution in [1.29, 1.82) is 0 Å². The molecule has 0 aromatic heterocycles. The van der Waals surface area contributed by atoms with Crippen LogP contribution in [0.2, 0.25) is 0 Å². The zero-order chi connectivity index (χ0) is 7.98. The summed E-state index contributed by atoms with van der Waals surface area (Å²) in [6.45, 7) is 7.10. The highest BCUT2D eigenvalue weighted by molar-refractivity contribution is 5.25. The Morgan fingerprint density at radius 3 is 2.60 bits per heavy atom. The van der Waals surface area contributed by atoms with Crippen molar-refractivity contribution in [1.82, 2.24) is 0 Å². The highest BCUT2D eigenvalue weighted by atomic mass is 19.1. The van der Waals surface area contributed by atoms with Crippen LogP contribution in [0, 0.1) is 0 Å². The Bertz CT molecular complexity index is 164. The minimum atomic E-state index is -0.151. The van der Waals surface area contributed by atoms with E-state index >= 15 is 0 Å². The van der Waals surface area contributed by atoms with E-state index in [2.05, 4.69) is 6.58 Å². The lowest BCUT2D eigenvalue weighted by Crippen LogP contribution is -1.75. The summed E-state index contributed by atoms with van der Waals surface area (Å²) < 4.78 is 12.7. The molecular formula is C9H13F. The van der Waals surface area contributed by atoms with Crippen molar-refractivity contribution in [3.63, 3.8) is 0 Å². The van der Waals surface area contributed by atoms with E-state index in [1.165, 1.54) is 0 Å². The third kappa shape index (κ3) is 3.23.